The molecule has 0 saturated carbocycles. The van der Waals surface area contributed by atoms with E-state index in [2.05, 4.69) is 10.3 Å². The van der Waals surface area contributed by atoms with Crippen LogP contribution >= 0.6 is 12.4 Å². The highest BCUT2D eigenvalue weighted by atomic mass is 35.5. The van der Waals surface area contributed by atoms with Gasteiger partial charge in [-0.2, -0.15) is 0 Å². The first kappa shape index (κ1) is 18.2. The number of aromatic hydroxyl groups is 1. The maximum absolute atomic E-state index is 12.7. The van der Waals surface area contributed by atoms with E-state index in [4.69, 9.17) is 0 Å². The molecular weight excluding hydrogens is 304 g/mol. The zero-order chi connectivity index (χ0) is 15.6. The predicted octanol–water partition coefficient (Wildman–Crippen LogP) is 2.61. The minimum absolute atomic E-state index is 0. The van der Waals surface area contributed by atoms with E-state index in [9.17, 15) is 14.7 Å². The van der Waals surface area contributed by atoms with Crippen molar-refractivity contribution in [1.82, 2.24) is 10.3 Å². The summed E-state index contributed by atoms with van der Waals surface area (Å²) < 4.78 is 0. The summed E-state index contributed by atoms with van der Waals surface area (Å²) in [5.41, 5.74) is 0.488. The van der Waals surface area contributed by atoms with Crippen LogP contribution in [0.3, 0.4) is 0 Å². The molecule has 2 rings (SSSR count). The topological polar surface area (TPSA) is 82.2 Å². The van der Waals surface area contributed by atoms with E-state index in [1.165, 1.54) is 12.1 Å². The first-order valence-corrected chi connectivity index (χ1v) is 7.09. The highest BCUT2D eigenvalue weighted by Gasteiger charge is 2.21. The molecule has 1 unspecified atom stereocenters. The van der Waals surface area contributed by atoms with Crippen LogP contribution in [0.2, 0.25) is 0 Å². The highest BCUT2D eigenvalue weighted by molar-refractivity contribution is 6.10. The molecule has 0 amide bonds. The van der Waals surface area contributed by atoms with Crippen molar-refractivity contribution in [2.45, 2.75) is 39.3 Å². The maximum Gasteiger partial charge on any atom is 0.248 e. The van der Waals surface area contributed by atoms with Gasteiger partial charge in [-0.15, -0.1) is 12.4 Å². The largest absolute Gasteiger partial charge is 0.506 e. The molecule has 0 aliphatic carbocycles. The number of carbonyl (C=O) groups excluding carboxylic acids is 1. The molecule has 1 aromatic heterocycles. The number of hydrogen-bond donors (Lipinski definition) is 3. The van der Waals surface area contributed by atoms with Crippen LogP contribution < -0.4 is 10.9 Å². The Morgan fingerprint density at radius 2 is 1.95 bits per heavy atom. The van der Waals surface area contributed by atoms with Crippen LogP contribution in [0.4, 0.5) is 0 Å². The lowest BCUT2D eigenvalue weighted by Gasteiger charge is -2.19. The number of aromatic nitrogens is 1. The molecule has 5 nitrogen and oxygen atoms in total. The fourth-order valence-electron chi connectivity index (χ4n) is 2.42. The van der Waals surface area contributed by atoms with E-state index in [-0.39, 0.29) is 41.6 Å². The molecule has 0 aliphatic rings. The molecule has 0 aliphatic heterocycles. The Kier molecular flexibility index (Phi) is 6.14. The van der Waals surface area contributed by atoms with Crippen LogP contribution in [0, 0.1) is 0 Å². The second-order valence-corrected chi connectivity index (χ2v) is 5.39. The van der Waals surface area contributed by atoms with E-state index in [1.54, 1.807) is 12.1 Å². The fraction of sp³-hybridized carbons (Fsp3) is 0.375. The third-order valence-corrected chi connectivity index (χ3v) is 3.40. The lowest BCUT2D eigenvalue weighted by molar-refractivity contribution is 0.0937. The zero-order valence-electron chi connectivity index (χ0n) is 12.8. The van der Waals surface area contributed by atoms with Crippen molar-refractivity contribution in [2.75, 3.05) is 0 Å². The van der Waals surface area contributed by atoms with Crippen LogP contribution in [-0.4, -0.2) is 28.0 Å². The van der Waals surface area contributed by atoms with Gasteiger partial charge in [0.2, 0.25) is 5.56 Å². The monoisotopic (exact) mass is 324 g/mol. The minimum Gasteiger partial charge on any atom is -0.506 e. The van der Waals surface area contributed by atoms with Crippen LogP contribution in [0.1, 0.15) is 37.6 Å². The first-order valence-electron chi connectivity index (χ1n) is 7.09. The van der Waals surface area contributed by atoms with E-state index < -0.39 is 0 Å². The fourth-order valence-corrected chi connectivity index (χ4v) is 2.42. The lowest BCUT2D eigenvalue weighted by atomic mass is 9.97. The summed E-state index contributed by atoms with van der Waals surface area (Å²) in [6.07, 6.45) is 0.669. The summed E-state index contributed by atoms with van der Waals surface area (Å²) in [6, 6.07) is 5.88. The maximum atomic E-state index is 12.7. The van der Waals surface area contributed by atoms with Gasteiger partial charge in [-0.1, -0.05) is 20.8 Å². The molecule has 0 bridgehead atoms. The zero-order valence-corrected chi connectivity index (χ0v) is 13.7. The van der Waals surface area contributed by atoms with Crippen LogP contribution in [0.15, 0.2) is 29.1 Å². The Hall–Kier alpha value is -1.85. The predicted molar refractivity (Wildman–Crippen MR) is 90.2 cm³/mol. The third-order valence-electron chi connectivity index (χ3n) is 3.40. The molecule has 0 radical (unpaired) electrons. The molecule has 0 fully saturated rings. The summed E-state index contributed by atoms with van der Waals surface area (Å²) in [5.74, 6) is -0.0765. The van der Waals surface area contributed by atoms with E-state index in [1.807, 2.05) is 20.8 Å². The van der Waals surface area contributed by atoms with Crippen LogP contribution in [0.25, 0.3) is 10.9 Å². The molecule has 120 valence electrons. The van der Waals surface area contributed by atoms with Gasteiger partial charge >= 0.3 is 0 Å². The van der Waals surface area contributed by atoms with Crippen molar-refractivity contribution in [2.24, 2.45) is 0 Å². The second-order valence-electron chi connectivity index (χ2n) is 5.39. The number of halogens is 1. The molecule has 1 aromatic carbocycles. The average Bonchev–Trinajstić information content (AvgIpc) is 2.45. The van der Waals surface area contributed by atoms with E-state index in [0.717, 1.165) is 0 Å². The summed E-state index contributed by atoms with van der Waals surface area (Å²) in [4.78, 5) is 26.6. The third kappa shape index (κ3) is 3.67. The highest BCUT2D eigenvalue weighted by Crippen LogP contribution is 2.25. The number of phenolic OH excluding ortho intramolecular Hbond substituents is 1. The summed E-state index contributed by atoms with van der Waals surface area (Å²) in [5, 5.41) is 13.6. The number of carbonyl (C=O) groups is 1. The molecule has 2 aromatic rings. The molecule has 0 saturated heterocycles. The number of rotatable bonds is 5. The Labute approximate surface area is 135 Å². The number of H-pyrrole nitrogens is 1. The molecular formula is C16H21ClN2O3. The molecule has 22 heavy (non-hydrogen) atoms. The number of hydrogen-bond acceptors (Lipinski definition) is 4. The quantitative estimate of drug-likeness (QED) is 0.738. The van der Waals surface area contributed by atoms with E-state index in [0.29, 0.717) is 22.9 Å². The summed E-state index contributed by atoms with van der Waals surface area (Å²) in [6.45, 7) is 5.92. The van der Waals surface area contributed by atoms with Crippen molar-refractivity contribution >= 4 is 29.1 Å². The van der Waals surface area contributed by atoms with Gasteiger partial charge in [-0.3, -0.25) is 9.59 Å². The number of nitrogens with one attached hydrogen (secondary N) is 2. The van der Waals surface area contributed by atoms with E-state index >= 15 is 0 Å². The van der Waals surface area contributed by atoms with Crippen molar-refractivity contribution in [3.05, 3.63) is 40.2 Å². The Bertz CT molecular complexity index is 725. The van der Waals surface area contributed by atoms with Crippen molar-refractivity contribution in [3.63, 3.8) is 0 Å². The molecule has 1 atom stereocenters. The molecule has 1 heterocycles. The SMILES string of the molecule is CCC(NC(C)C)C(=O)c1ccc(O)c2[nH]c(=O)ccc12.Cl. The molecule has 3 N–H and O–H groups in total. The molecule has 6 heteroatoms. The van der Waals surface area contributed by atoms with Gasteiger partial charge in [-0.25, -0.2) is 0 Å². The smallest absolute Gasteiger partial charge is 0.248 e. The Morgan fingerprint density at radius 3 is 2.55 bits per heavy atom. The van der Waals surface area contributed by atoms with Gasteiger partial charge in [0.25, 0.3) is 0 Å². The Morgan fingerprint density at radius 1 is 1.27 bits per heavy atom. The van der Waals surface area contributed by atoms with Crippen molar-refractivity contribution in [1.29, 1.82) is 0 Å². The average molecular weight is 325 g/mol. The number of aromatic amines is 1. The van der Waals surface area contributed by atoms with Gasteiger partial charge in [0.1, 0.15) is 5.75 Å². The summed E-state index contributed by atoms with van der Waals surface area (Å²) >= 11 is 0. The first-order chi connectivity index (χ1) is 9.93. The number of benzene rings is 1. The van der Waals surface area contributed by atoms with Crippen LogP contribution in [0.5, 0.6) is 5.75 Å². The number of Topliss-reactive ketones (excluding diaryl/α,β-unsaturated/α-hetero) is 1. The minimum atomic E-state index is -0.310. The molecule has 0 spiro atoms. The second kappa shape index (κ2) is 7.42. The van der Waals surface area contributed by atoms with Gasteiger partial charge in [0, 0.05) is 23.1 Å². The van der Waals surface area contributed by atoms with Gasteiger partial charge in [0.05, 0.1) is 11.6 Å². The normalized spacial score (nSPS) is 12.2. The number of phenols is 1. The van der Waals surface area contributed by atoms with Gasteiger partial charge < -0.3 is 15.4 Å². The van der Waals surface area contributed by atoms with Crippen molar-refractivity contribution < 1.29 is 9.90 Å². The standard InChI is InChI=1S/C16H20N2O3.ClH/c1-4-12(17-9(2)3)16(21)11-5-7-13(19)15-10(11)6-8-14(20)18-15;/h5-9,12,17,19H,4H2,1-3H3,(H,18,20);1H. The van der Waals surface area contributed by atoms with Gasteiger partial charge in [-0.05, 0) is 24.6 Å². The number of fused-ring (bicyclic) bond motifs is 1. The van der Waals surface area contributed by atoms with Crippen LogP contribution in [-0.2, 0) is 0 Å². The number of pyridine rings is 1. The summed E-state index contributed by atoms with van der Waals surface area (Å²) in [7, 11) is 0. The number of ketones is 1. The van der Waals surface area contributed by atoms with Crippen molar-refractivity contribution in [3.8, 4) is 5.75 Å². The van der Waals surface area contributed by atoms with Gasteiger partial charge in [0.15, 0.2) is 5.78 Å². The lowest BCUT2D eigenvalue weighted by Crippen LogP contribution is -2.40. The Balaban J connectivity index is 0.00000242.